The van der Waals surface area contributed by atoms with Gasteiger partial charge in [0, 0.05) is 24.4 Å². The Balaban J connectivity index is 2.15. The minimum Gasteiger partial charge on any atom is -0.469 e. The number of furan rings is 1. The number of rotatable bonds is 3. The van der Waals surface area contributed by atoms with Gasteiger partial charge in [-0.1, -0.05) is 11.6 Å². The second-order valence-electron chi connectivity index (χ2n) is 3.20. The topological polar surface area (TPSA) is 46.3 Å². The zero-order chi connectivity index (χ0) is 10.7. The van der Waals surface area contributed by atoms with Crippen LogP contribution in [0, 0.1) is 0 Å². The van der Waals surface area contributed by atoms with Crippen LogP contribution in [-0.2, 0) is 6.42 Å². The smallest absolute Gasteiger partial charge is 0.106 e. The highest BCUT2D eigenvalue weighted by Gasteiger charge is 2.13. The van der Waals surface area contributed by atoms with Crippen molar-refractivity contribution < 1.29 is 9.52 Å². The van der Waals surface area contributed by atoms with Crippen LogP contribution in [0.1, 0.15) is 17.4 Å². The third kappa shape index (κ3) is 2.37. The molecule has 0 amide bonds. The van der Waals surface area contributed by atoms with Crippen molar-refractivity contribution in [2.45, 2.75) is 12.5 Å². The van der Waals surface area contributed by atoms with Crippen molar-refractivity contribution in [2.75, 3.05) is 0 Å². The van der Waals surface area contributed by atoms with Crippen LogP contribution in [0.2, 0.25) is 5.02 Å². The highest BCUT2D eigenvalue weighted by Crippen LogP contribution is 2.24. The van der Waals surface area contributed by atoms with Crippen molar-refractivity contribution in [1.29, 1.82) is 0 Å². The van der Waals surface area contributed by atoms with Gasteiger partial charge in [0.25, 0.3) is 0 Å². The molecule has 3 nitrogen and oxygen atoms in total. The van der Waals surface area contributed by atoms with E-state index in [0.29, 0.717) is 17.0 Å². The maximum Gasteiger partial charge on any atom is 0.106 e. The van der Waals surface area contributed by atoms with Crippen LogP contribution < -0.4 is 0 Å². The molecule has 4 heteroatoms. The Kier molecular flexibility index (Phi) is 3.04. The standard InChI is InChI=1S/C11H10ClNO2/c12-10-7-13-4-3-9(10)11(14)6-8-2-1-5-15-8/h1-5,7,11,14H,6H2. The van der Waals surface area contributed by atoms with Gasteiger partial charge in [-0.05, 0) is 18.2 Å². The molecule has 0 saturated carbocycles. The summed E-state index contributed by atoms with van der Waals surface area (Å²) in [6.07, 6.45) is 4.45. The van der Waals surface area contributed by atoms with Crippen LogP contribution >= 0.6 is 11.6 Å². The summed E-state index contributed by atoms with van der Waals surface area (Å²) in [6, 6.07) is 5.31. The summed E-state index contributed by atoms with van der Waals surface area (Å²) in [5.41, 5.74) is 0.670. The lowest BCUT2D eigenvalue weighted by Gasteiger charge is -2.10. The highest BCUT2D eigenvalue weighted by atomic mass is 35.5. The van der Waals surface area contributed by atoms with E-state index in [0.717, 1.165) is 5.76 Å². The Morgan fingerprint density at radius 1 is 1.47 bits per heavy atom. The van der Waals surface area contributed by atoms with Crippen molar-refractivity contribution >= 4 is 11.6 Å². The van der Waals surface area contributed by atoms with Gasteiger partial charge in [-0.25, -0.2) is 0 Å². The van der Waals surface area contributed by atoms with Crippen LogP contribution in [-0.4, -0.2) is 10.1 Å². The Bertz CT molecular complexity index is 428. The molecule has 0 aliphatic carbocycles. The minimum atomic E-state index is -0.661. The zero-order valence-electron chi connectivity index (χ0n) is 7.93. The number of aromatic nitrogens is 1. The highest BCUT2D eigenvalue weighted by molar-refractivity contribution is 6.31. The summed E-state index contributed by atoms with van der Waals surface area (Å²) in [7, 11) is 0. The van der Waals surface area contributed by atoms with Crippen molar-refractivity contribution in [3.05, 3.63) is 53.2 Å². The predicted octanol–water partition coefficient (Wildman–Crippen LogP) is 2.60. The van der Waals surface area contributed by atoms with E-state index in [4.69, 9.17) is 16.0 Å². The molecule has 2 heterocycles. The summed E-state index contributed by atoms with van der Waals surface area (Å²) in [6.45, 7) is 0. The summed E-state index contributed by atoms with van der Waals surface area (Å²) < 4.78 is 5.15. The van der Waals surface area contributed by atoms with Gasteiger partial charge >= 0.3 is 0 Å². The first-order valence-electron chi connectivity index (χ1n) is 4.57. The van der Waals surface area contributed by atoms with Crippen LogP contribution in [0.15, 0.2) is 41.3 Å². The summed E-state index contributed by atoms with van der Waals surface area (Å²) in [5, 5.41) is 10.4. The average Bonchev–Trinajstić information content (AvgIpc) is 2.71. The Morgan fingerprint density at radius 2 is 2.33 bits per heavy atom. The second-order valence-corrected chi connectivity index (χ2v) is 3.60. The van der Waals surface area contributed by atoms with E-state index in [2.05, 4.69) is 4.98 Å². The number of nitrogens with zero attached hydrogens (tertiary/aromatic N) is 1. The number of hydrogen-bond acceptors (Lipinski definition) is 3. The molecule has 1 unspecified atom stereocenters. The third-order valence-corrected chi connectivity index (χ3v) is 2.45. The van der Waals surface area contributed by atoms with E-state index in [-0.39, 0.29) is 0 Å². The first kappa shape index (κ1) is 10.2. The fourth-order valence-corrected chi connectivity index (χ4v) is 1.63. The van der Waals surface area contributed by atoms with Crippen molar-refractivity contribution in [2.24, 2.45) is 0 Å². The number of aliphatic hydroxyl groups is 1. The van der Waals surface area contributed by atoms with Gasteiger partial charge in [0.2, 0.25) is 0 Å². The van der Waals surface area contributed by atoms with Crippen molar-refractivity contribution in [3.8, 4) is 0 Å². The van der Waals surface area contributed by atoms with Gasteiger partial charge in [0.15, 0.2) is 0 Å². The number of hydrogen-bond donors (Lipinski definition) is 1. The molecule has 0 bridgehead atoms. The quantitative estimate of drug-likeness (QED) is 0.870. The van der Waals surface area contributed by atoms with Gasteiger partial charge in [-0.2, -0.15) is 0 Å². The molecule has 0 aromatic carbocycles. The van der Waals surface area contributed by atoms with Gasteiger partial charge in [0.05, 0.1) is 17.4 Å². The van der Waals surface area contributed by atoms with E-state index < -0.39 is 6.10 Å². The Labute approximate surface area is 92.3 Å². The number of aliphatic hydroxyl groups excluding tert-OH is 1. The summed E-state index contributed by atoms with van der Waals surface area (Å²) in [4.78, 5) is 3.86. The fraction of sp³-hybridized carbons (Fsp3) is 0.182. The maximum atomic E-state index is 9.90. The molecule has 0 aliphatic rings. The fourth-order valence-electron chi connectivity index (χ4n) is 1.39. The van der Waals surface area contributed by atoms with E-state index >= 15 is 0 Å². The molecule has 78 valence electrons. The number of halogens is 1. The molecule has 0 radical (unpaired) electrons. The van der Waals surface area contributed by atoms with E-state index in [1.807, 2.05) is 6.07 Å². The zero-order valence-corrected chi connectivity index (χ0v) is 8.69. The lowest BCUT2D eigenvalue weighted by molar-refractivity contribution is 0.170. The summed E-state index contributed by atoms with van der Waals surface area (Å²) >= 11 is 5.91. The molecular weight excluding hydrogens is 214 g/mol. The molecule has 15 heavy (non-hydrogen) atoms. The first-order chi connectivity index (χ1) is 7.27. The van der Waals surface area contributed by atoms with Gasteiger partial charge in [-0.3, -0.25) is 4.98 Å². The molecule has 2 aromatic rings. The second kappa shape index (κ2) is 4.47. The lowest BCUT2D eigenvalue weighted by Crippen LogP contribution is -2.01. The molecule has 1 atom stereocenters. The molecular formula is C11H10ClNO2. The van der Waals surface area contributed by atoms with Crippen LogP contribution in [0.3, 0.4) is 0 Å². The predicted molar refractivity (Wildman–Crippen MR) is 56.6 cm³/mol. The third-order valence-electron chi connectivity index (χ3n) is 2.14. The Morgan fingerprint density at radius 3 is 3.00 bits per heavy atom. The van der Waals surface area contributed by atoms with Crippen LogP contribution in [0.4, 0.5) is 0 Å². The van der Waals surface area contributed by atoms with E-state index in [1.54, 1.807) is 24.6 Å². The van der Waals surface area contributed by atoms with Crippen molar-refractivity contribution in [3.63, 3.8) is 0 Å². The molecule has 0 fully saturated rings. The Hall–Kier alpha value is -1.32. The maximum absolute atomic E-state index is 9.90. The summed E-state index contributed by atoms with van der Waals surface area (Å²) in [5.74, 6) is 0.732. The van der Waals surface area contributed by atoms with Gasteiger partial charge in [0.1, 0.15) is 5.76 Å². The molecule has 0 saturated heterocycles. The van der Waals surface area contributed by atoms with Gasteiger partial charge in [-0.15, -0.1) is 0 Å². The van der Waals surface area contributed by atoms with Crippen LogP contribution in [0.25, 0.3) is 0 Å². The van der Waals surface area contributed by atoms with E-state index in [1.165, 1.54) is 6.20 Å². The molecule has 0 aliphatic heterocycles. The van der Waals surface area contributed by atoms with Crippen LogP contribution in [0.5, 0.6) is 0 Å². The van der Waals surface area contributed by atoms with Crippen molar-refractivity contribution in [1.82, 2.24) is 4.98 Å². The largest absolute Gasteiger partial charge is 0.469 e. The van der Waals surface area contributed by atoms with Gasteiger partial charge < -0.3 is 9.52 Å². The minimum absolute atomic E-state index is 0.413. The lowest BCUT2D eigenvalue weighted by atomic mass is 10.1. The average molecular weight is 224 g/mol. The molecule has 1 N–H and O–H groups in total. The number of pyridine rings is 1. The van der Waals surface area contributed by atoms with E-state index in [9.17, 15) is 5.11 Å². The first-order valence-corrected chi connectivity index (χ1v) is 4.95. The monoisotopic (exact) mass is 223 g/mol. The SMILES string of the molecule is OC(Cc1ccco1)c1ccncc1Cl. The molecule has 0 spiro atoms. The normalized spacial score (nSPS) is 12.7. The molecule has 2 rings (SSSR count). The molecule has 2 aromatic heterocycles.